The molecule has 2 aliphatic heterocycles. The monoisotopic (exact) mass is 492 g/mol. The zero-order chi connectivity index (χ0) is 24.7. The fraction of sp³-hybridized carbons (Fsp3) is 0.214. The van der Waals surface area contributed by atoms with Crippen molar-refractivity contribution >= 4 is 10.9 Å². The van der Waals surface area contributed by atoms with Crippen LogP contribution < -0.4 is 14.2 Å². The maximum Gasteiger partial charge on any atom is 0.573 e. The van der Waals surface area contributed by atoms with Gasteiger partial charge in [0.15, 0.2) is 11.5 Å². The summed E-state index contributed by atoms with van der Waals surface area (Å²) in [5.41, 5.74) is 5.56. The Morgan fingerprint density at radius 2 is 1.81 bits per heavy atom. The number of alkyl halides is 3. The molecule has 8 heteroatoms. The average molecular weight is 492 g/mol. The van der Waals surface area contributed by atoms with Gasteiger partial charge in [0.1, 0.15) is 5.75 Å². The lowest BCUT2D eigenvalue weighted by molar-refractivity contribution is -0.274. The van der Waals surface area contributed by atoms with Gasteiger partial charge in [-0.3, -0.25) is 0 Å². The molecule has 0 aliphatic carbocycles. The van der Waals surface area contributed by atoms with Crippen LogP contribution >= 0.6 is 0 Å². The highest BCUT2D eigenvalue weighted by Gasteiger charge is 2.32. The van der Waals surface area contributed by atoms with Crippen molar-refractivity contribution < 1.29 is 27.4 Å². The van der Waals surface area contributed by atoms with Crippen molar-refractivity contribution in [3.05, 3.63) is 101 Å². The highest BCUT2D eigenvalue weighted by molar-refractivity contribution is 5.85. The summed E-state index contributed by atoms with van der Waals surface area (Å²) < 4.78 is 52.4. The maximum absolute atomic E-state index is 12.4. The van der Waals surface area contributed by atoms with Gasteiger partial charge in [-0.2, -0.15) is 0 Å². The molecule has 0 spiro atoms. The number of fused-ring (bicyclic) bond motifs is 4. The molecule has 1 N–H and O–H groups in total. The van der Waals surface area contributed by atoms with Gasteiger partial charge in [0.25, 0.3) is 0 Å². The van der Waals surface area contributed by atoms with Crippen molar-refractivity contribution in [1.29, 1.82) is 0 Å². The third-order valence-corrected chi connectivity index (χ3v) is 6.59. The summed E-state index contributed by atoms with van der Waals surface area (Å²) in [6.07, 6.45) is 0.891. The number of hydrogen-bond acceptors (Lipinski definition) is 4. The van der Waals surface area contributed by atoms with Crippen molar-refractivity contribution in [2.45, 2.75) is 25.2 Å². The summed E-state index contributed by atoms with van der Waals surface area (Å²) in [6.45, 7) is 1.04. The topological polar surface area (TPSA) is 46.7 Å². The first-order valence-electron chi connectivity index (χ1n) is 11.7. The van der Waals surface area contributed by atoms with E-state index >= 15 is 0 Å². The first-order valence-corrected chi connectivity index (χ1v) is 11.7. The van der Waals surface area contributed by atoms with Gasteiger partial charge >= 0.3 is 6.36 Å². The number of nitrogens with zero attached hydrogens (tertiary/aromatic N) is 1. The Hall–Kier alpha value is -4.07. The van der Waals surface area contributed by atoms with Crippen molar-refractivity contribution in [3.8, 4) is 17.2 Å². The van der Waals surface area contributed by atoms with E-state index in [2.05, 4.69) is 45.1 Å². The zero-order valence-corrected chi connectivity index (χ0v) is 19.2. The molecule has 1 atom stereocenters. The summed E-state index contributed by atoms with van der Waals surface area (Å²) in [5, 5.41) is 1.24. The van der Waals surface area contributed by atoms with Crippen LogP contribution in [0.1, 0.15) is 28.4 Å². The Kier molecular flexibility index (Phi) is 5.51. The zero-order valence-electron chi connectivity index (χ0n) is 19.2. The Labute approximate surface area is 205 Å². The number of H-pyrrole nitrogens is 1. The molecule has 0 fully saturated rings. The summed E-state index contributed by atoms with van der Waals surface area (Å²) >= 11 is 0. The summed E-state index contributed by atoms with van der Waals surface area (Å²) in [6, 6.07) is 20.3. The molecule has 0 bridgehead atoms. The number of nitrogens with one attached hydrogen (secondary N) is 1. The lowest BCUT2D eigenvalue weighted by Crippen LogP contribution is -2.32. The van der Waals surface area contributed by atoms with E-state index < -0.39 is 6.36 Å². The fourth-order valence-electron chi connectivity index (χ4n) is 5.01. The molecule has 36 heavy (non-hydrogen) atoms. The lowest BCUT2D eigenvalue weighted by Gasteiger charge is -2.35. The Morgan fingerprint density at radius 1 is 1.00 bits per heavy atom. The van der Waals surface area contributed by atoms with E-state index in [4.69, 9.17) is 9.47 Å². The largest absolute Gasteiger partial charge is 0.573 e. The number of hydrogen-bond donors (Lipinski definition) is 1. The molecule has 4 aromatic rings. The van der Waals surface area contributed by atoms with Crippen LogP contribution in [0.2, 0.25) is 0 Å². The molecule has 0 radical (unpaired) electrons. The highest BCUT2D eigenvalue weighted by Crippen LogP contribution is 2.42. The highest BCUT2D eigenvalue weighted by atomic mass is 19.4. The van der Waals surface area contributed by atoms with E-state index in [1.807, 2.05) is 24.3 Å². The minimum atomic E-state index is -4.69. The molecule has 5 nitrogen and oxygen atoms in total. The molecular formula is C28H23F3N2O3. The summed E-state index contributed by atoms with van der Waals surface area (Å²) in [5.74, 6) is 1.26. The summed E-state index contributed by atoms with van der Waals surface area (Å²) in [7, 11) is 0. The van der Waals surface area contributed by atoms with Gasteiger partial charge < -0.3 is 24.1 Å². The number of halogens is 3. The lowest BCUT2D eigenvalue weighted by atomic mass is 9.92. The predicted molar refractivity (Wildman–Crippen MR) is 129 cm³/mol. The number of aromatic nitrogens is 1. The van der Waals surface area contributed by atoms with Gasteiger partial charge in [-0.15, -0.1) is 13.2 Å². The van der Waals surface area contributed by atoms with E-state index in [0.29, 0.717) is 6.42 Å². The van der Waals surface area contributed by atoms with Crippen LogP contribution in [0.25, 0.3) is 10.9 Å². The van der Waals surface area contributed by atoms with E-state index in [0.717, 1.165) is 46.8 Å². The molecule has 1 unspecified atom stereocenters. The van der Waals surface area contributed by atoms with Gasteiger partial charge in [-0.1, -0.05) is 42.5 Å². The van der Waals surface area contributed by atoms with Crippen molar-refractivity contribution in [1.82, 2.24) is 9.88 Å². The van der Waals surface area contributed by atoms with E-state index in [9.17, 15) is 13.2 Å². The number of ether oxygens (including phenoxy) is 3. The number of benzene rings is 3. The van der Waals surface area contributed by atoms with Crippen LogP contribution in [-0.2, 0) is 12.8 Å². The number of para-hydroxylation sites is 1. The first kappa shape index (κ1) is 22.4. The quantitative estimate of drug-likeness (QED) is 0.346. The fourth-order valence-corrected chi connectivity index (χ4v) is 5.01. The molecule has 6 rings (SSSR count). The van der Waals surface area contributed by atoms with Gasteiger partial charge in [-0.05, 0) is 66.1 Å². The Morgan fingerprint density at radius 3 is 2.64 bits per heavy atom. The number of rotatable bonds is 5. The van der Waals surface area contributed by atoms with E-state index in [1.165, 1.54) is 23.1 Å². The molecular weight excluding hydrogens is 469 g/mol. The van der Waals surface area contributed by atoms with Crippen LogP contribution in [0.4, 0.5) is 13.2 Å². The van der Waals surface area contributed by atoms with Crippen molar-refractivity contribution in [2.24, 2.45) is 0 Å². The number of allylic oxidation sites excluding steroid dienone is 1. The van der Waals surface area contributed by atoms with Gasteiger partial charge in [0.05, 0.1) is 6.04 Å². The second-order valence-corrected chi connectivity index (χ2v) is 8.85. The molecule has 3 aromatic carbocycles. The summed E-state index contributed by atoms with van der Waals surface area (Å²) in [4.78, 5) is 5.93. The van der Waals surface area contributed by atoms with Crippen LogP contribution in [0.15, 0.2) is 79.0 Å². The standard InChI is InChI=1S/C28H23F3N2O3/c29-28(30,31)36-20-10-7-18(8-11-20)4-3-14-33-15-13-22-21-5-1-2-6-23(21)32-26(22)27(33)19-9-12-24-25(16-19)35-17-34-24/h1-3,5-12,14,16,27,32H,4,13,15,17H2/b14-3+. The molecule has 1 aromatic heterocycles. The average Bonchev–Trinajstić information content (AvgIpc) is 3.48. The Bertz CT molecular complexity index is 1430. The van der Waals surface area contributed by atoms with Crippen LogP contribution in [-0.4, -0.2) is 29.6 Å². The molecule has 0 amide bonds. The predicted octanol–water partition coefficient (Wildman–Crippen LogP) is 6.50. The number of aromatic amines is 1. The minimum absolute atomic E-state index is 0.0468. The second-order valence-electron chi connectivity index (χ2n) is 8.85. The SMILES string of the molecule is FC(F)(F)Oc1ccc(C/C=C/N2CCc3c([nH]c4ccccc34)C2c2ccc3c(c2)OCO3)cc1. The maximum atomic E-state index is 12.4. The van der Waals surface area contributed by atoms with Crippen molar-refractivity contribution in [3.63, 3.8) is 0 Å². The van der Waals surface area contributed by atoms with Crippen molar-refractivity contribution in [2.75, 3.05) is 13.3 Å². The van der Waals surface area contributed by atoms with Gasteiger partial charge in [0.2, 0.25) is 6.79 Å². The Balaban J connectivity index is 1.28. The third kappa shape index (κ3) is 4.34. The molecule has 0 saturated heterocycles. The van der Waals surface area contributed by atoms with Gasteiger partial charge in [-0.25, -0.2) is 0 Å². The third-order valence-electron chi connectivity index (χ3n) is 6.59. The van der Waals surface area contributed by atoms with Crippen LogP contribution in [0, 0.1) is 0 Å². The smallest absolute Gasteiger partial charge is 0.454 e. The van der Waals surface area contributed by atoms with Crippen LogP contribution in [0.5, 0.6) is 17.2 Å². The molecule has 0 saturated carbocycles. The van der Waals surface area contributed by atoms with E-state index in [1.54, 1.807) is 12.1 Å². The molecule has 184 valence electrons. The molecule has 2 aliphatic rings. The van der Waals surface area contributed by atoms with Gasteiger partial charge in [0, 0.05) is 23.1 Å². The van der Waals surface area contributed by atoms with Crippen LogP contribution in [0.3, 0.4) is 0 Å². The minimum Gasteiger partial charge on any atom is -0.454 e. The van der Waals surface area contributed by atoms with E-state index in [-0.39, 0.29) is 18.6 Å². The molecule has 3 heterocycles. The second kappa shape index (κ2) is 8.86. The first-order chi connectivity index (χ1) is 17.4. The normalized spacial score (nSPS) is 17.1.